The molecule has 2 aliphatic rings. The van der Waals surface area contributed by atoms with Crippen molar-refractivity contribution < 1.29 is 9.90 Å². The third kappa shape index (κ3) is 3.33. The lowest BCUT2D eigenvalue weighted by molar-refractivity contribution is -0.131. The maximum Gasteiger partial charge on any atom is 0.261 e. The predicted octanol–water partition coefficient (Wildman–Crippen LogP) is 0.949. The van der Waals surface area contributed by atoms with Crippen molar-refractivity contribution in [3.63, 3.8) is 0 Å². The third-order valence-electron chi connectivity index (χ3n) is 6.34. The highest BCUT2D eigenvalue weighted by Crippen LogP contribution is 2.42. The van der Waals surface area contributed by atoms with Gasteiger partial charge >= 0.3 is 0 Å². The maximum atomic E-state index is 12.8. The number of nitrogens with zero attached hydrogens (tertiary/aromatic N) is 4. The molecule has 1 amide bonds. The van der Waals surface area contributed by atoms with Gasteiger partial charge in [-0.1, -0.05) is 19.1 Å². The molecule has 2 unspecified atom stereocenters. The van der Waals surface area contributed by atoms with Gasteiger partial charge in [-0.05, 0) is 31.0 Å². The quantitative estimate of drug-likeness (QED) is 0.802. The highest BCUT2D eigenvalue weighted by atomic mass is 16.3. The SMILES string of the molecule is CCCN1CC2CN(C(=O)CCn3cnc4ccccc4c3=O)CC2(CO)C1. The number of aromatic nitrogens is 2. The topological polar surface area (TPSA) is 78.7 Å². The van der Waals surface area contributed by atoms with Gasteiger partial charge in [-0.25, -0.2) is 4.98 Å². The summed E-state index contributed by atoms with van der Waals surface area (Å²) in [4.78, 5) is 34.0. The van der Waals surface area contributed by atoms with Crippen molar-refractivity contribution in [3.05, 3.63) is 40.9 Å². The molecule has 2 aromatic rings. The van der Waals surface area contributed by atoms with E-state index in [1.807, 2.05) is 23.1 Å². The number of aryl methyl sites for hydroxylation is 1. The molecule has 4 rings (SSSR count). The van der Waals surface area contributed by atoms with E-state index in [2.05, 4.69) is 16.8 Å². The fraction of sp³-hybridized carbons (Fsp3) is 0.571. The highest BCUT2D eigenvalue weighted by Gasteiger charge is 2.52. The molecule has 3 heterocycles. The van der Waals surface area contributed by atoms with Crippen LogP contribution in [0.5, 0.6) is 0 Å². The first kappa shape index (κ1) is 19.1. The Morgan fingerprint density at radius 1 is 1.25 bits per heavy atom. The Kier molecular flexibility index (Phi) is 5.21. The van der Waals surface area contributed by atoms with E-state index >= 15 is 0 Å². The van der Waals surface area contributed by atoms with Crippen LogP contribution < -0.4 is 5.56 Å². The molecule has 2 fully saturated rings. The van der Waals surface area contributed by atoms with Crippen molar-refractivity contribution in [1.29, 1.82) is 0 Å². The number of hydrogen-bond acceptors (Lipinski definition) is 5. The third-order valence-corrected chi connectivity index (χ3v) is 6.34. The minimum absolute atomic E-state index is 0.0457. The first-order chi connectivity index (χ1) is 13.6. The second kappa shape index (κ2) is 7.64. The number of hydrogen-bond donors (Lipinski definition) is 1. The molecule has 150 valence electrons. The number of benzene rings is 1. The van der Waals surface area contributed by atoms with Crippen LogP contribution in [0.1, 0.15) is 19.8 Å². The smallest absolute Gasteiger partial charge is 0.261 e. The zero-order valence-corrected chi connectivity index (χ0v) is 16.4. The number of rotatable bonds is 6. The Labute approximate surface area is 164 Å². The Hall–Kier alpha value is -2.25. The molecule has 2 aliphatic heterocycles. The predicted molar refractivity (Wildman–Crippen MR) is 107 cm³/mol. The summed E-state index contributed by atoms with van der Waals surface area (Å²) < 4.78 is 1.52. The molecule has 0 saturated carbocycles. The number of fused-ring (bicyclic) bond motifs is 2. The molecule has 7 heteroatoms. The van der Waals surface area contributed by atoms with Gasteiger partial charge in [-0.15, -0.1) is 0 Å². The van der Waals surface area contributed by atoms with Gasteiger partial charge in [-0.2, -0.15) is 0 Å². The average molecular weight is 384 g/mol. The van der Waals surface area contributed by atoms with E-state index < -0.39 is 0 Å². The van der Waals surface area contributed by atoms with Crippen LogP contribution in [-0.2, 0) is 11.3 Å². The molecule has 0 radical (unpaired) electrons. The van der Waals surface area contributed by atoms with E-state index in [-0.39, 0.29) is 29.9 Å². The van der Waals surface area contributed by atoms with Crippen LogP contribution >= 0.6 is 0 Å². The van der Waals surface area contributed by atoms with Crippen LogP contribution in [0, 0.1) is 11.3 Å². The lowest BCUT2D eigenvalue weighted by Crippen LogP contribution is -2.39. The first-order valence-corrected chi connectivity index (χ1v) is 10.1. The molecular formula is C21H28N4O3. The van der Waals surface area contributed by atoms with Crippen molar-refractivity contribution in [2.24, 2.45) is 11.3 Å². The van der Waals surface area contributed by atoms with Gasteiger partial charge in [0, 0.05) is 44.6 Å². The van der Waals surface area contributed by atoms with Gasteiger partial charge in [0.05, 0.1) is 23.8 Å². The van der Waals surface area contributed by atoms with Crippen LogP contribution in [-0.4, -0.2) is 69.7 Å². The van der Waals surface area contributed by atoms with Gasteiger partial charge in [0.2, 0.25) is 5.91 Å². The van der Waals surface area contributed by atoms with Crippen molar-refractivity contribution in [1.82, 2.24) is 19.4 Å². The molecule has 1 N–H and O–H groups in total. The Balaban J connectivity index is 1.41. The Bertz CT molecular complexity index is 927. The van der Waals surface area contributed by atoms with Gasteiger partial charge in [0.25, 0.3) is 5.56 Å². The number of amides is 1. The van der Waals surface area contributed by atoms with Gasteiger partial charge in [0.1, 0.15) is 0 Å². The van der Waals surface area contributed by atoms with E-state index in [1.54, 1.807) is 6.07 Å². The summed E-state index contributed by atoms with van der Waals surface area (Å²) in [5, 5.41) is 10.6. The molecule has 2 saturated heterocycles. The zero-order valence-electron chi connectivity index (χ0n) is 16.4. The Morgan fingerprint density at radius 2 is 2.07 bits per heavy atom. The van der Waals surface area contributed by atoms with E-state index in [0.29, 0.717) is 36.5 Å². The fourth-order valence-electron chi connectivity index (χ4n) is 4.83. The first-order valence-electron chi connectivity index (χ1n) is 10.1. The zero-order chi connectivity index (χ0) is 19.7. The highest BCUT2D eigenvalue weighted by molar-refractivity contribution is 5.78. The Morgan fingerprint density at radius 3 is 2.82 bits per heavy atom. The van der Waals surface area contributed by atoms with E-state index in [9.17, 15) is 14.7 Å². The molecule has 0 spiro atoms. The number of likely N-dealkylation sites (tertiary alicyclic amines) is 2. The van der Waals surface area contributed by atoms with Gasteiger partial charge in [-0.3, -0.25) is 14.2 Å². The molecule has 7 nitrogen and oxygen atoms in total. The summed E-state index contributed by atoms with van der Waals surface area (Å²) in [5.41, 5.74) is 0.370. The van der Waals surface area contributed by atoms with Crippen molar-refractivity contribution in [3.8, 4) is 0 Å². The lowest BCUT2D eigenvalue weighted by atomic mass is 9.82. The molecule has 1 aromatic carbocycles. The minimum Gasteiger partial charge on any atom is -0.396 e. The summed E-state index contributed by atoms with van der Waals surface area (Å²) in [5.74, 6) is 0.377. The number of carbonyl (C=O) groups is 1. The molecule has 2 atom stereocenters. The second-order valence-electron chi connectivity index (χ2n) is 8.24. The average Bonchev–Trinajstić information content (AvgIpc) is 3.22. The standard InChI is InChI=1S/C21H28N4O3/c1-2-8-23-10-16-11-25(13-21(16,12-23)14-26)19(27)7-9-24-15-22-18-6-4-3-5-17(18)20(24)28/h3-6,15-16,26H,2,7-14H2,1H3. The maximum absolute atomic E-state index is 12.8. The van der Waals surface area contributed by atoms with Crippen LogP contribution in [0.25, 0.3) is 10.9 Å². The number of para-hydroxylation sites is 1. The van der Waals surface area contributed by atoms with Crippen LogP contribution in [0.2, 0.25) is 0 Å². The van der Waals surface area contributed by atoms with Crippen molar-refractivity contribution in [2.45, 2.75) is 26.3 Å². The molecule has 0 bridgehead atoms. The van der Waals surface area contributed by atoms with Crippen molar-refractivity contribution in [2.75, 3.05) is 39.3 Å². The monoisotopic (exact) mass is 384 g/mol. The van der Waals surface area contributed by atoms with E-state index in [0.717, 1.165) is 26.1 Å². The summed E-state index contributed by atoms with van der Waals surface area (Å²) in [6.45, 7) is 6.78. The molecule has 28 heavy (non-hydrogen) atoms. The molecule has 0 aliphatic carbocycles. The number of carbonyl (C=O) groups excluding carboxylic acids is 1. The van der Waals surface area contributed by atoms with Gasteiger partial charge < -0.3 is 14.9 Å². The van der Waals surface area contributed by atoms with Crippen LogP contribution in [0.4, 0.5) is 0 Å². The summed E-state index contributed by atoms with van der Waals surface area (Å²) >= 11 is 0. The van der Waals surface area contributed by atoms with E-state index in [1.165, 1.54) is 10.9 Å². The van der Waals surface area contributed by atoms with Crippen LogP contribution in [0.3, 0.4) is 0 Å². The summed E-state index contributed by atoms with van der Waals surface area (Å²) in [6, 6.07) is 7.24. The number of aliphatic hydroxyl groups is 1. The second-order valence-corrected chi connectivity index (χ2v) is 8.24. The van der Waals surface area contributed by atoms with Gasteiger partial charge in [0.15, 0.2) is 0 Å². The lowest BCUT2D eigenvalue weighted by Gasteiger charge is -2.27. The normalized spacial score (nSPS) is 24.8. The van der Waals surface area contributed by atoms with Crippen molar-refractivity contribution >= 4 is 16.8 Å². The van der Waals surface area contributed by atoms with Crippen LogP contribution in [0.15, 0.2) is 35.4 Å². The molecule has 1 aromatic heterocycles. The number of aliphatic hydroxyl groups excluding tert-OH is 1. The largest absolute Gasteiger partial charge is 0.396 e. The fourth-order valence-corrected chi connectivity index (χ4v) is 4.83. The summed E-state index contributed by atoms with van der Waals surface area (Å²) in [6.07, 6.45) is 2.90. The van der Waals surface area contributed by atoms with E-state index in [4.69, 9.17) is 0 Å². The molecular weight excluding hydrogens is 356 g/mol. The minimum atomic E-state index is -0.188. The summed E-state index contributed by atoms with van der Waals surface area (Å²) in [7, 11) is 0.